The number of aryl methyl sites for hydroxylation is 1. The lowest BCUT2D eigenvalue weighted by molar-refractivity contribution is -0.148. The van der Waals surface area contributed by atoms with E-state index in [9.17, 15) is 4.79 Å². The first-order chi connectivity index (χ1) is 12.7. The average Bonchev–Trinajstić information content (AvgIpc) is 3.17. The van der Waals surface area contributed by atoms with Gasteiger partial charge in [0.1, 0.15) is 12.4 Å². The molecule has 2 aliphatic heterocycles. The van der Waals surface area contributed by atoms with Crippen LogP contribution in [0, 0.1) is 12.8 Å². The molecule has 26 heavy (non-hydrogen) atoms. The first-order valence-corrected chi connectivity index (χ1v) is 9.07. The van der Waals surface area contributed by atoms with Gasteiger partial charge in [0.05, 0.1) is 12.7 Å². The number of benzene rings is 1. The number of aromatic nitrogens is 2. The third-order valence-corrected chi connectivity index (χ3v) is 5.77. The SMILES string of the molecule is Cc1nnc(COC2CN(C(=O)[C@@H]3C[C@]34CCOc3ccccc34)C2)o1. The molecule has 3 aliphatic rings. The van der Waals surface area contributed by atoms with Crippen LogP contribution in [0.5, 0.6) is 5.75 Å². The van der Waals surface area contributed by atoms with E-state index in [1.54, 1.807) is 6.92 Å². The molecule has 2 fully saturated rings. The summed E-state index contributed by atoms with van der Waals surface area (Å²) in [5.41, 5.74) is 1.18. The number of amides is 1. The van der Waals surface area contributed by atoms with E-state index < -0.39 is 0 Å². The Bertz CT molecular complexity index is 845. The Hall–Kier alpha value is -2.41. The Morgan fingerprint density at radius 3 is 3.00 bits per heavy atom. The van der Waals surface area contributed by atoms with Crippen molar-refractivity contribution in [2.24, 2.45) is 5.92 Å². The van der Waals surface area contributed by atoms with Crippen molar-refractivity contribution in [3.05, 3.63) is 41.6 Å². The van der Waals surface area contributed by atoms with Crippen LogP contribution in [0.15, 0.2) is 28.7 Å². The number of hydrogen-bond donors (Lipinski definition) is 0. The molecule has 7 heteroatoms. The number of ether oxygens (including phenoxy) is 2. The number of rotatable bonds is 4. The van der Waals surface area contributed by atoms with Crippen LogP contribution in [0.2, 0.25) is 0 Å². The summed E-state index contributed by atoms with van der Waals surface area (Å²) in [4.78, 5) is 14.8. The molecule has 0 unspecified atom stereocenters. The number of hydrogen-bond acceptors (Lipinski definition) is 6. The van der Waals surface area contributed by atoms with E-state index in [-0.39, 0.29) is 23.3 Å². The number of fused-ring (bicyclic) bond motifs is 2. The number of carbonyl (C=O) groups is 1. The summed E-state index contributed by atoms with van der Waals surface area (Å²) in [6, 6.07) is 8.13. The monoisotopic (exact) mass is 355 g/mol. The van der Waals surface area contributed by atoms with Crippen molar-refractivity contribution in [2.45, 2.75) is 37.9 Å². The summed E-state index contributed by atoms with van der Waals surface area (Å²) in [6.45, 7) is 4.01. The zero-order valence-electron chi connectivity index (χ0n) is 14.7. The van der Waals surface area contributed by atoms with Crippen LogP contribution in [0.25, 0.3) is 0 Å². The summed E-state index contributed by atoms with van der Waals surface area (Å²) in [7, 11) is 0. The second-order valence-electron chi connectivity index (χ2n) is 7.40. The fourth-order valence-corrected chi connectivity index (χ4v) is 4.21. The highest BCUT2D eigenvalue weighted by molar-refractivity contribution is 5.85. The summed E-state index contributed by atoms with van der Waals surface area (Å²) in [5, 5.41) is 7.69. The smallest absolute Gasteiger partial charge is 0.242 e. The van der Waals surface area contributed by atoms with E-state index in [2.05, 4.69) is 16.3 Å². The second-order valence-corrected chi connectivity index (χ2v) is 7.40. The van der Waals surface area contributed by atoms with Gasteiger partial charge in [-0.2, -0.15) is 0 Å². The molecule has 1 spiro atoms. The lowest BCUT2D eigenvalue weighted by atomic mass is 9.87. The zero-order chi connectivity index (χ0) is 17.7. The molecule has 1 aliphatic carbocycles. The third-order valence-electron chi connectivity index (χ3n) is 5.77. The fraction of sp³-hybridized carbons (Fsp3) is 0.526. The molecule has 2 atom stereocenters. The molecule has 136 valence electrons. The molecule has 0 bridgehead atoms. The maximum atomic E-state index is 12.9. The lowest BCUT2D eigenvalue weighted by Crippen LogP contribution is -2.55. The Balaban J connectivity index is 1.17. The summed E-state index contributed by atoms with van der Waals surface area (Å²) >= 11 is 0. The van der Waals surface area contributed by atoms with Gasteiger partial charge >= 0.3 is 0 Å². The van der Waals surface area contributed by atoms with Crippen LogP contribution in [-0.4, -0.2) is 46.8 Å². The summed E-state index contributed by atoms with van der Waals surface area (Å²) < 4.78 is 16.8. The fourth-order valence-electron chi connectivity index (χ4n) is 4.21. The van der Waals surface area contributed by atoms with Gasteiger partial charge in [-0.25, -0.2) is 0 Å². The van der Waals surface area contributed by atoms with Crippen LogP contribution in [0.3, 0.4) is 0 Å². The Morgan fingerprint density at radius 2 is 2.19 bits per heavy atom. The molecule has 0 radical (unpaired) electrons. The van der Waals surface area contributed by atoms with Gasteiger partial charge < -0.3 is 18.8 Å². The van der Waals surface area contributed by atoms with Crippen molar-refractivity contribution in [1.29, 1.82) is 0 Å². The van der Waals surface area contributed by atoms with E-state index in [4.69, 9.17) is 13.9 Å². The van der Waals surface area contributed by atoms with Gasteiger partial charge in [0, 0.05) is 36.9 Å². The zero-order valence-corrected chi connectivity index (χ0v) is 14.7. The predicted octanol–water partition coefficient (Wildman–Crippen LogP) is 1.85. The van der Waals surface area contributed by atoms with Crippen molar-refractivity contribution in [1.82, 2.24) is 15.1 Å². The molecule has 1 amide bonds. The normalized spacial score (nSPS) is 27.0. The Kier molecular flexibility index (Phi) is 3.53. The highest BCUT2D eigenvalue weighted by Gasteiger charge is 2.62. The first-order valence-electron chi connectivity index (χ1n) is 9.07. The van der Waals surface area contributed by atoms with Crippen LogP contribution in [0.1, 0.15) is 30.2 Å². The van der Waals surface area contributed by atoms with Crippen LogP contribution >= 0.6 is 0 Å². The van der Waals surface area contributed by atoms with E-state index >= 15 is 0 Å². The van der Waals surface area contributed by atoms with E-state index in [1.165, 1.54) is 5.56 Å². The number of likely N-dealkylation sites (tertiary alicyclic amines) is 1. The minimum absolute atomic E-state index is 0.0147. The summed E-state index contributed by atoms with van der Waals surface area (Å²) in [6.07, 6.45) is 1.89. The molecule has 1 aromatic heterocycles. The maximum Gasteiger partial charge on any atom is 0.242 e. The van der Waals surface area contributed by atoms with Gasteiger partial charge in [-0.05, 0) is 18.9 Å². The first kappa shape index (κ1) is 15.8. The highest BCUT2D eigenvalue weighted by atomic mass is 16.5. The molecule has 7 nitrogen and oxygen atoms in total. The molecule has 2 aromatic rings. The number of para-hydroxylation sites is 1. The van der Waals surface area contributed by atoms with Crippen molar-refractivity contribution >= 4 is 5.91 Å². The topological polar surface area (TPSA) is 77.7 Å². The molecule has 1 aromatic carbocycles. The molecule has 3 heterocycles. The van der Waals surface area contributed by atoms with Gasteiger partial charge in [0.15, 0.2) is 0 Å². The maximum absolute atomic E-state index is 12.9. The lowest BCUT2D eigenvalue weighted by Gasteiger charge is -2.39. The Labute approximate surface area is 151 Å². The average molecular weight is 355 g/mol. The molecule has 1 saturated carbocycles. The molecule has 5 rings (SSSR count). The molecular weight excluding hydrogens is 334 g/mol. The van der Waals surface area contributed by atoms with E-state index in [0.717, 1.165) is 18.6 Å². The van der Waals surface area contributed by atoms with Crippen molar-refractivity contribution < 1.29 is 18.7 Å². The minimum Gasteiger partial charge on any atom is -0.493 e. The van der Waals surface area contributed by atoms with Crippen LogP contribution in [0.4, 0.5) is 0 Å². The van der Waals surface area contributed by atoms with E-state index in [0.29, 0.717) is 38.1 Å². The van der Waals surface area contributed by atoms with Gasteiger partial charge in [-0.15, -0.1) is 10.2 Å². The third kappa shape index (κ3) is 2.49. The predicted molar refractivity (Wildman–Crippen MR) is 90.5 cm³/mol. The summed E-state index contributed by atoms with van der Waals surface area (Å²) in [5.74, 6) is 2.27. The van der Waals surface area contributed by atoms with Crippen molar-refractivity contribution in [2.75, 3.05) is 19.7 Å². The van der Waals surface area contributed by atoms with Gasteiger partial charge in [-0.3, -0.25) is 4.79 Å². The van der Waals surface area contributed by atoms with Crippen LogP contribution < -0.4 is 4.74 Å². The minimum atomic E-state index is -0.0147. The van der Waals surface area contributed by atoms with Gasteiger partial charge in [0.2, 0.25) is 17.7 Å². The van der Waals surface area contributed by atoms with Gasteiger partial charge in [-0.1, -0.05) is 18.2 Å². The van der Waals surface area contributed by atoms with Crippen molar-refractivity contribution in [3.63, 3.8) is 0 Å². The van der Waals surface area contributed by atoms with E-state index in [1.807, 2.05) is 23.1 Å². The molecule has 0 N–H and O–H groups in total. The van der Waals surface area contributed by atoms with Crippen molar-refractivity contribution in [3.8, 4) is 5.75 Å². The molecule has 1 saturated heterocycles. The standard InChI is InChI=1S/C19H21N3O4/c1-12-20-21-17(26-12)11-25-13-9-22(10-13)18(23)15-8-19(15)6-7-24-16-5-3-2-4-14(16)19/h2-5,13,15H,6-11H2,1H3/t15-,19-/m0/s1. The number of carbonyl (C=O) groups excluding carboxylic acids is 1. The molecular formula is C19H21N3O4. The quantitative estimate of drug-likeness (QED) is 0.833. The number of nitrogens with zero attached hydrogens (tertiary/aromatic N) is 3. The Morgan fingerprint density at radius 1 is 1.35 bits per heavy atom. The van der Waals surface area contributed by atoms with Gasteiger partial charge in [0.25, 0.3) is 0 Å². The highest BCUT2D eigenvalue weighted by Crippen LogP contribution is 2.61. The second kappa shape index (κ2) is 5.81. The van der Waals surface area contributed by atoms with Crippen LogP contribution in [-0.2, 0) is 21.6 Å². The largest absolute Gasteiger partial charge is 0.493 e.